The van der Waals surface area contributed by atoms with Crippen molar-refractivity contribution >= 4 is 32.6 Å². The van der Waals surface area contributed by atoms with E-state index in [9.17, 15) is 0 Å². The molecule has 0 radical (unpaired) electrons. The summed E-state index contributed by atoms with van der Waals surface area (Å²) in [6.45, 7) is 0. The van der Waals surface area contributed by atoms with E-state index in [2.05, 4.69) is 259 Å². The first kappa shape index (κ1) is 46.5. The van der Waals surface area contributed by atoms with Crippen LogP contribution in [0.1, 0.15) is 73.6 Å². The van der Waals surface area contributed by atoms with Crippen molar-refractivity contribution in [3.05, 3.63) is 277 Å². The Kier molecular flexibility index (Phi) is 10.4. The normalized spacial score (nSPS) is 15.2. The number of benzene rings is 12. The number of imidazole rings is 1. The van der Waals surface area contributed by atoms with Crippen LogP contribution in [-0.2, 0) is 10.8 Å². The van der Waals surface area contributed by atoms with Gasteiger partial charge in [0.05, 0.1) is 11.0 Å². The number of rotatable bonds is 7. The largest absolute Gasteiger partial charge is 0.292 e. The van der Waals surface area contributed by atoms with Crippen LogP contribution < -0.4 is 0 Å². The monoisotopic (exact) mass is 1030 g/mol. The van der Waals surface area contributed by atoms with Gasteiger partial charge in [-0.1, -0.05) is 232 Å². The molecule has 384 valence electrons. The lowest BCUT2D eigenvalue weighted by atomic mass is 9.75. The van der Waals surface area contributed by atoms with E-state index in [0.717, 1.165) is 33.7 Å². The van der Waals surface area contributed by atoms with E-state index in [4.69, 9.17) is 4.98 Å². The van der Waals surface area contributed by atoms with Gasteiger partial charge in [0.1, 0.15) is 5.82 Å². The van der Waals surface area contributed by atoms with E-state index in [1.807, 2.05) is 0 Å². The molecule has 13 aromatic rings. The fraction of sp³-hybridized carbons (Fsp3) is 0.127. The Morgan fingerprint density at radius 1 is 0.284 bits per heavy atom. The van der Waals surface area contributed by atoms with E-state index in [1.165, 1.54) is 167 Å². The highest BCUT2D eigenvalue weighted by molar-refractivity contribution is 6.23. The van der Waals surface area contributed by atoms with E-state index >= 15 is 0 Å². The quantitative estimate of drug-likeness (QED) is 0.146. The Labute approximate surface area is 473 Å². The molecule has 0 saturated heterocycles. The molecular formula is C79H58N2. The van der Waals surface area contributed by atoms with Gasteiger partial charge in [-0.15, -0.1) is 0 Å². The Morgan fingerprint density at radius 3 is 1.20 bits per heavy atom. The average Bonchev–Trinajstić information content (AvgIpc) is 4.58. The summed E-state index contributed by atoms with van der Waals surface area (Å²) in [7, 11) is 0. The molecule has 0 N–H and O–H groups in total. The van der Waals surface area contributed by atoms with Gasteiger partial charge < -0.3 is 0 Å². The zero-order valence-electron chi connectivity index (χ0n) is 45.3. The lowest BCUT2D eigenvalue weighted by Crippen LogP contribution is -2.20. The minimum Gasteiger partial charge on any atom is -0.292 e. The van der Waals surface area contributed by atoms with Crippen molar-refractivity contribution in [1.82, 2.24) is 9.55 Å². The maximum absolute atomic E-state index is 5.30. The number of hydrogen-bond acceptors (Lipinski definition) is 1. The van der Waals surface area contributed by atoms with E-state index in [1.54, 1.807) is 0 Å². The third-order valence-electron chi connectivity index (χ3n) is 19.5. The number of aromatic nitrogens is 2. The summed E-state index contributed by atoms with van der Waals surface area (Å²) in [4.78, 5) is 5.30. The number of hydrogen-bond donors (Lipinski definition) is 0. The van der Waals surface area contributed by atoms with E-state index < -0.39 is 0 Å². The predicted molar refractivity (Wildman–Crippen MR) is 338 cm³/mol. The van der Waals surface area contributed by atoms with E-state index in [0.29, 0.717) is 0 Å². The first-order valence-corrected chi connectivity index (χ1v) is 29.4. The first-order valence-electron chi connectivity index (χ1n) is 29.4. The van der Waals surface area contributed by atoms with Gasteiger partial charge in [-0.2, -0.15) is 0 Å². The van der Waals surface area contributed by atoms with Gasteiger partial charge in [0.2, 0.25) is 0 Å². The zero-order valence-corrected chi connectivity index (χ0v) is 45.3. The molecule has 0 atom stereocenters. The summed E-state index contributed by atoms with van der Waals surface area (Å²) in [5, 5.41) is 5.17. The highest BCUT2D eigenvalue weighted by Crippen LogP contribution is 2.60. The second kappa shape index (κ2) is 18.1. The summed E-state index contributed by atoms with van der Waals surface area (Å²) in [5.74, 6) is 0.940. The van der Waals surface area contributed by atoms with Crippen LogP contribution in [0.2, 0.25) is 0 Å². The molecule has 17 rings (SSSR count). The molecule has 4 aliphatic rings. The molecule has 2 spiro atoms. The lowest BCUT2D eigenvalue weighted by molar-refractivity contribution is 0.550. The van der Waals surface area contributed by atoms with Crippen molar-refractivity contribution in [2.24, 2.45) is 0 Å². The zero-order chi connectivity index (χ0) is 53.2. The van der Waals surface area contributed by atoms with Crippen LogP contribution in [0, 0.1) is 0 Å². The Balaban J connectivity index is 0.867. The Morgan fingerprint density at radius 2 is 0.679 bits per heavy atom. The third kappa shape index (κ3) is 7.02. The van der Waals surface area contributed by atoms with Crippen LogP contribution in [0.4, 0.5) is 0 Å². The SMILES string of the molecule is c1ccc(-c2ccc3c(-c4ccc5c(c4)C4(CCCC4)c4ccccc4-5)c4cc(-c5ccc(-c6ccc7c(c6)nc(-c6ccccc6)n7-c6ccccc6)cc5)ccc4c(-c4ccc5c(c4)C4(CCCC4)c4ccccc4-5)c3c2)cc1. The predicted octanol–water partition coefficient (Wildman–Crippen LogP) is 21.0. The Bertz CT molecular complexity index is 4670. The van der Waals surface area contributed by atoms with Gasteiger partial charge in [-0.3, -0.25) is 4.57 Å². The number of para-hydroxylation sites is 1. The fourth-order valence-electron chi connectivity index (χ4n) is 15.8. The maximum atomic E-state index is 5.30. The molecular weight excluding hydrogens is 977 g/mol. The van der Waals surface area contributed by atoms with Crippen LogP contribution in [0.5, 0.6) is 0 Å². The highest BCUT2D eigenvalue weighted by atomic mass is 15.1. The number of nitrogens with zero attached hydrogens (tertiary/aromatic N) is 2. The summed E-state index contributed by atoms with van der Waals surface area (Å²) in [6.07, 6.45) is 9.86. The molecule has 12 aromatic carbocycles. The molecule has 2 nitrogen and oxygen atoms in total. The van der Waals surface area contributed by atoms with Crippen LogP contribution in [-0.4, -0.2) is 9.55 Å². The van der Waals surface area contributed by atoms with E-state index in [-0.39, 0.29) is 10.8 Å². The average molecular weight is 1040 g/mol. The molecule has 0 amide bonds. The standard InChI is InChI=1S/C79H58N2/c1-4-18-51(19-5-1)55-32-39-65-67(46-55)75(58-34-37-63-61-24-10-12-26-69(61)78(71(63)48-58)42-14-15-43-78)66-40-33-56(47-68(66)76(65)59-35-38-64-62-25-11-13-27-70(62)79(72(64)49-59)44-16-17-45-79)52-28-30-53(31-29-52)57-36-41-74-73(50-57)80-77(54-20-6-2-7-21-54)81(74)60-22-8-3-9-23-60/h1-13,18-41,46-50H,14-17,42-45H2. The van der Waals surface area contributed by atoms with Crippen LogP contribution in [0.15, 0.2) is 255 Å². The summed E-state index contributed by atoms with van der Waals surface area (Å²) < 4.78 is 2.28. The third-order valence-corrected chi connectivity index (χ3v) is 19.5. The molecule has 0 aliphatic heterocycles. The molecule has 1 aromatic heterocycles. The molecule has 4 aliphatic carbocycles. The van der Waals surface area contributed by atoms with Crippen LogP contribution >= 0.6 is 0 Å². The van der Waals surface area contributed by atoms with Crippen molar-refractivity contribution < 1.29 is 0 Å². The fourth-order valence-corrected chi connectivity index (χ4v) is 15.8. The van der Waals surface area contributed by atoms with Crippen molar-refractivity contribution in [3.63, 3.8) is 0 Å². The van der Waals surface area contributed by atoms with Crippen molar-refractivity contribution in [2.45, 2.75) is 62.2 Å². The van der Waals surface area contributed by atoms with Gasteiger partial charge in [0.15, 0.2) is 0 Å². The molecule has 0 bridgehead atoms. The van der Waals surface area contributed by atoms with Crippen LogP contribution in [0.25, 0.3) is 128 Å². The summed E-state index contributed by atoms with van der Waals surface area (Å²) >= 11 is 0. The minimum atomic E-state index is 0.0513. The molecule has 1 heterocycles. The van der Waals surface area contributed by atoms with Gasteiger partial charge >= 0.3 is 0 Å². The molecule has 2 fully saturated rings. The van der Waals surface area contributed by atoms with Crippen molar-refractivity contribution in [1.29, 1.82) is 0 Å². The molecule has 81 heavy (non-hydrogen) atoms. The smallest absolute Gasteiger partial charge is 0.145 e. The van der Waals surface area contributed by atoms with Gasteiger partial charge in [-0.25, -0.2) is 4.98 Å². The van der Waals surface area contributed by atoms with Gasteiger partial charge in [0, 0.05) is 22.1 Å². The summed E-state index contributed by atoms with van der Waals surface area (Å²) in [5.41, 5.74) is 28.5. The van der Waals surface area contributed by atoms with Crippen molar-refractivity contribution in [3.8, 4) is 95.0 Å². The van der Waals surface area contributed by atoms with Gasteiger partial charge in [0.25, 0.3) is 0 Å². The highest BCUT2D eigenvalue weighted by Gasteiger charge is 2.46. The number of fused-ring (bicyclic) bond motifs is 13. The molecule has 2 heteroatoms. The summed E-state index contributed by atoms with van der Waals surface area (Å²) in [6, 6.07) is 96.4. The molecule has 2 saturated carbocycles. The second-order valence-corrected chi connectivity index (χ2v) is 23.6. The second-order valence-electron chi connectivity index (χ2n) is 23.6. The molecule has 0 unspecified atom stereocenters. The van der Waals surface area contributed by atoms with Crippen molar-refractivity contribution in [2.75, 3.05) is 0 Å². The topological polar surface area (TPSA) is 17.8 Å². The van der Waals surface area contributed by atoms with Crippen LogP contribution in [0.3, 0.4) is 0 Å². The minimum absolute atomic E-state index is 0.0513. The first-order chi connectivity index (χ1) is 40.1. The van der Waals surface area contributed by atoms with Gasteiger partial charge in [-0.05, 0) is 196 Å². The lowest BCUT2D eigenvalue weighted by Gasteiger charge is -2.28. The Hall–Kier alpha value is -9.37. The maximum Gasteiger partial charge on any atom is 0.145 e.